The standard InChI is InChI=1S/C12H16ClNO4S/c1-8-6-10(13)4-5-11(8)14(19(3,17)18)7-9(2)12(15)16/h4-6,9H,7H2,1-3H3,(H,15,16). The van der Waals surface area contributed by atoms with E-state index in [9.17, 15) is 13.2 Å². The Morgan fingerprint density at radius 1 is 1.47 bits per heavy atom. The fourth-order valence-corrected chi connectivity index (χ4v) is 2.92. The van der Waals surface area contributed by atoms with Gasteiger partial charge in [0.1, 0.15) is 0 Å². The summed E-state index contributed by atoms with van der Waals surface area (Å²) in [5.74, 6) is -1.84. The molecule has 0 aromatic heterocycles. The summed E-state index contributed by atoms with van der Waals surface area (Å²) < 4.78 is 24.7. The number of carbonyl (C=O) groups is 1. The van der Waals surface area contributed by atoms with Gasteiger partial charge in [-0.3, -0.25) is 9.10 Å². The number of hydrogen-bond donors (Lipinski definition) is 1. The van der Waals surface area contributed by atoms with Gasteiger partial charge in [0.15, 0.2) is 0 Å². The van der Waals surface area contributed by atoms with Crippen molar-refractivity contribution in [2.45, 2.75) is 13.8 Å². The molecular formula is C12H16ClNO4S. The summed E-state index contributed by atoms with van der Waals surface area (Å²) in [6, 6.07) is 4.79. The van der Waals surface area contributed by atoms with Crippen LogP contribution in [0.5, 0.6) is 0 Å². The van der Waals surface area contributed by atoms with E-state index in [2.05, 4.69) is 0 Å². The van der Waals surface area contributed by atoms with Crippen molar-refractivity contribution < 1.29 is 18.3 Å². The van der Waals surface area contributed by atoms with Crippen molar-refractivity contribution in [2.75, 3.05) is 17.1 Å². The first-order valence-electron chi connectivity index (χ1n) is 5.59. The summed E-state index contributed by atoms with van der Waals surface area (Å²) in [5.41, 5.74) is 1.12. The predicted octanol–water partition coefficient (Wildman–Crippen LogP) is 2.14. The van der Waals surface area contributed by atoms with E-state index in [1.54, 1.807) is 25.1 Å². The van der Waals surface area contributed by atoms with Crippen molar-refractivity contribution in [3.05, 3.63) is 28.8 Å². The zero-order valence-corrected chi connectivity index (χ0v) is 12.5. The third-order valence-corrected chi connectivity index (χ3v) is 4.07. The van der Waals surface area contributed by atoms with Crippen molar-refractivity contribution in [1.29, 1.82) is 0 Å². The van der Waals surface area contributed by atoms with E-state index in [0.717, 1.165) is 10.6 Å². The lowest BCUT2D eigenvalue weighted by Gasteiger charge is -2.25. The number of rotatable bonds is 5. The van der Waals surface area contributed by atoms with Gasteiger partial charge in [0.05, 0.1) is 17.9 Å². The van der Waals surface area contributed by atoms with E-state index in [-0.39, 0.29) is 6.54 Å². The molecule has 0 fully saturated rings. The van der Waals surface area contributed by atoms with E-state index in [1.165, 1.54) is 6.92 Å². The lowest BCUT2D eigenvalue weighted by atomic mass is 10.1. The van der Waals surface area contributed by atoms with Crippen LogP contribution >= 0.6 is 11.6 Å². The quantitative estimate of drug-likeness (QED) is 0.904. The molecule has 0 radical (unpaired) electrons. The number of benzene rings is 1. The molecule has 1 rings (SSSR count). The second kappa shape index (κ2) is 5.79. The molecule has 7 heteroatoms. The van der Waals surface area contributed by atoms with Crippen LogP contribution in [0.15, 0.2) is 18.2 Å². The molecule has 0 saturated heterocycles. The molecule has 1 N–H and O–H groups in total. The maximum Gasteiger partial charge on any atom is 0.308 e. The lowest BCUT2D eigenvalue weighted by Crippen LogP contribution is -2.36. The van der Waals surface area contributed by atoms with Crippen LogP contribution < -0.4 is 4.31 Å². The molecule has 0 heterocycles. The molecule has 0 spiro atoms. The number of nitrogens with zero attached hydrogens (tertiary/aromatic N) is 1. The average Bonchev–Trinajstić information content (AvgIpc) is 2.24. The van der Waals surface area contributed by atoms with Crippen LogP contribution in [0.25, 0.3) is 0 Å². The van der Waals surface area contributed by atoms with Crippen molar-refractivity contribution in [3.63, 3.8) is 0 Å². The van der Waals surface area contributed by atoms with Crippen LogP contribution in [0, 0.1) is 12.8 Å². The van der Waals surface area contributed by atoms with E-state index in [4.69, 9.17) is 16.7 Å². The number of anilines is 1. The van der Waals surface area contributed by atoms with Crippen LogP contribution in [0.1, 0.15) is 12.5 Å². The van der Waals surface area contributed by atoms with Crippen LogP contribution in [-0.2, 0) is 14.8 Å². The topological polar surface area (TPSA) is 74.7 Å². The minimum absolute atomic E-state index is 0.114. The molecule has 1 aromatic rings. The maximum absolute atomic E-state index is 11.8. The highest BCUT2D eigenvalue weighted by Crippen LogP contribution is 2.26. The Balaban J connectivity index is 3.22. The highest BCUT2D eigenvalue weighted by atomic mass is 35.5. The Labute approximate surface area is 117 Å². The zero-order valence-electron chi connectivity index (χ0n) is 10.9. The normalized spacial score (nSPS) is 13.1. The van der Waals surface area contributed by atoms with E-state index in [0.29, 0.717) is 16.3 Å². The minimum Gasteiger partial charge on any atom is -0.481 e. The summed E-state index contributed by atoms with van der Waals surface area (Å²) >= 11 is 5.83. The van der Waals surface area contributed by atoms with Crippen LogP contribution in [0.3, 0.4) is 0 Å². The van der Waals surface area contributed by atoms with Crippen LogP contribution in [0.2, 0.25) is 5.02 Å². The number of aliphatic carboxylic acids is 1. The molecule has 0 aliphatic heterocycles. The fourth-order valence-electron chi connectivity index (χ4n) is 1.64. The Kier molecular flexibility index (Phi) is 4.81. The number of halogens is 1. The average molecular weight is 306 g/mol. The van der Waals surface area contributed by atoms with Gasteiger partial charge in [-0.25, -0.2) is 8.42 Å². The molecule has 5 nitrogen and oxygen atoms in total. The van der Waals surface area contributed by atoms with Crippen molar-refractivity contribution in [3.8, 4) is 0 Å². The van der Waals surface area contributed by atoms with Crippen molar-refractivity contribution in [2.24, 2.45) is 5.92 Å². The first kappa shape index (κ1) is 15.8. The molecule has 0 amide bonds. The summed E-state index contributed by atoms with van der Waals surface area (Å²) in [7, 11) is -3.55. The van der Waals surface area contributed by atoms with Gasteiger partial charge in [0, 0.05) is 11.6 Å². The molecule has 0 aliphatic carbocycles. The Morgan fingerprint density at radius 2 is 2.05 bits per heavy atom. The molecule has 19 heavy (non-hydrogen) atoms. The summed E-state index contributed by atoms with van der Waals surface area (Å²) in [5, 5.41) is 9.42. The zero-order chi connectivity index (χ0) is 14.8. The van der Waals surface area contributed by atoms with Gasteiger partial charge in [-0.1, -0.05) is 18.5 Å². The van der Waals surface area contributed by atoms with Crippen molar-refractivity contribution >= 4 is 33.3 Å². The largest absolute Gasteiger partial charge is 0.481 e. The Hall–Kier alpha value is -1.27. The molecule has 1 atom stereocenters. The molecule has 0 saturated carbocycles. The molecule has 0 aliphatic rings. The van der Waals surface area contributed by atoms with E-state index in [1.807, 2.05) is 0 Å². The third-order valence-electron chi connectivity index (χ3n) is 2.69. The highest BCUT2D eigenvalue weighted by Gasteiger charge is 2.24. The lowest BCUT2D eigenvalue weighted by molar-refractivity contribution is -0.140. The smallest absolute Gasteiger partial charge is 0.308 e. The van der Waals surface area contributed by atoms with Gasteiger partial charge in [0.2, 0.25) is 10.0 Å². The number of hydrogen-bond acceptors (Lipinski definition) is 3. The van der Waals surface area contributed by atoms with Crippen molar-refractivity contribution in [1.82, 2.24) is 0 Å². The Morgan fingerprint density at radius 3 is 2.47 bits per heavy atom. The molecule has 0 bridgehead atoms. The number of sulfonamides is 1. The summed E-state index contributed by atoms with van der Waals surface area (Å²) in [6.45, 7) is 3.08. The molecule has 1 aromatic carbocycles. The van der Waals surface area contributed by atoms with Gasteiger partial charge in [-0.05, 0) is 30.7 Å². The van der Waals surface area contributed by atoms with Gasteiger partial charge in [0.25, 0.3) is 0 Å². The number of carboxylic acid groups (broad SMARTS) is 1. The second-order valence-corrected chi connectivity index (χ2v) is 6.81. The third kappa shape index (κ3) is 4.11. The summed E-state index contributed by atoms with van der Waals surface area (Å²) in [4.78, 5) is 10.9. The number of aryl methyl sites for hydroxylation is 1. The van der Waals surface area contributed by atoms with E-state index < -0.39 is 21.9 Å². The SMILES string of the molecule is Cc1cc(Cl)ccc1N(CC(C)C(=O)O)S(C)(=O)=O. The number of carboxylic acids is 1. The van der Waals surface area contributed by atoms with Gasteiger partial charge >= 0.3 is 5.97 Å². The molecule has 106 valence electrons. The van der Waals surface area contributed by atoms with Gasteiger partial charge in [-0.2, -0.15) is 0 Å². The van der Waals surface area contributed by atoms with Crippen LogP contribution in [-0.4, -0.2) is 32.3 Å². The highest BCUT2D eigenvalue weighted by molar-refractivity contribution is 7.92. The molecular weight excluding hydrogens is 290 g/mol. The van der Waals surface area contributed by atoms with Crippen LogP contribution in [0.4, 0.5) is 5.69 Å². The first-order valence-corrected chi connectivity index (χ1v) is 7.82. The maximum atomic E-state index is 11.8. The fraction of sp³-hybridized carbons (Fsp3) is 0.417. The molecule has 1 unspecified atom stereocenters. The summed E-state index contributed by atoms with van der Waals surface area (Å²) in [6.07, 6.45) is 1.05. The monoisotopic (exact) mass is 305 g/mol. The van der Waals surface area contributed by atoms with Gasteiger partial charge in [-0.15, -0.1) is 0 Å². The Bertz CT molecular complexity index is 585. The van der Waals surface area contributed by atoms with Gasteiger partial charge < -0.3 is 5.11 Å². The second-order valence-electron chi connectivity index (χ2n) is 4.46. The first-order chi connectivity index (χ1) is 8.62. The minimum atomic E-state index is -3.55. The van der Waals surface area contributed by atoms with E-state index >= 15 is 0 Å². The predicted molar refractivity (Wildman–Crippen MR) is 75.2 cm³/mol.